The largest absolute Gasteiger partial charge is 0.497 e. The Balaban J connectivity index is 1.63. The van der Waals surface area contributed by atoms with Crippen LogP contribution in [0.2, 0.25) is 0 Å². The second-order valence-corrected chi connectivity index (χ2v) is 7.44. The number of benzene rings is 2. The molecule has 2 aromatic rings. The normalized spacial score (nSPS) is 16.9. The Morgan fingerprint density at radius 1 is 0.963 bits per heavy atom. The number of ketones is 1. The van der Waals surface area contributed by atoms with Gasteiger partial charge in [-0.3, -0.25) is 4.79 Å². The molecule has 1 aliphatic carbocycles. The zero-order valence-electron chi connectivity index (χ0n) is 16.5. The van der Waals surface area contributed by atoms with E-state index < -0.39 is 0 Å². The van der Waals surface area contributed by atoms with Crippen molar-refractivity contribution in [2.24, 2.45) is 0 Å². The number of hydrogen-bond donors (Lipinski definition) is 0. The maximum atomic E-state index is 12.7. The van der Waals surface area contributed by atoms with Crippen molar-refractivity contribution < 1.29 is 9.53 Å². The molecule has 27 heavy (non-hydrogen) atoms. The van der Waals surface area contributed by atoms with Crippen LogP contribution < -0.4 is 4.74 Å². The molecule has 2 heteroatoms. The maximum absolute atomic E-state index is 12.7. The van der Waals surface area contributed by atoms with E-state index in [4.69, 9.17) is 4.74 Å². The van der Waals surface area contributed by atoms with Crippen molar-refractivity contribution in [3.63, 3.8) is 0 Å². The molecule has 0 heterocycles. The molecule has 0 spiro atoms. The van der Waals surface area contributed by atoms with E-state index in [2.05, 4.69) is 31.2 Å². The molecule has 2 aromatic carbocycles. The Kier molecular flexibility index (Phi) is 6.86. The SMILES string of the molecule is CCCCCCc1ccc(C2=CC(=O)C(c3ccc(OC)cc3)CC2)cc1. The molecule has 2 nitrogen and oxygen atoms in total. The van der Waals surface area contributed by atoms with Crippen LogP contribution in [0, 0.1) is 0 Å². The lowest BCUT2D eigenvalue weighted by Gasteiger charge is -2.21. The van der Waals surface area contributed by atoms with Gasteiger partial charge in [0.25, 0.3) is 0 Å². The molecule has 0 saturated carbocycles. The van der Waals surface area contributed by atoms with Crippen molar-refractivity contribution in [3.05, 3.63) is 71.3 Å². The average Bonchev–Trinajstić information content (AvgIpc) is 2.72. The van der Waals surface area contributed by atoms with Gasteiger partial charge in [0.15, 0.2) is 5.78 Å². The van der Waals surface area contributed by atoms with E-state index in [9.17, 15) is 4.79 Å². The van der Waals surface area contributed by atoms with Crippen LogP contribution in [0.4, 0.5) is 0 Å². The predicted molar refractivity (Wildman–Crippen MR) is 112 cm³/mol. The van der Waals surface area contributed by atoms with E-state index in [0.29, 0.717) is 0 Å². The Hall–Kier alpha value is -2.35. The van der Waals surface area contributed by atoms with Crippen LogP contribution in [-0.4, -0.2) is 12.9 Å². The average molecular weight is 363 g/mol. The standard InChI is InChI=1S/C25H30O2/c1-3-4-5-6-7-19-8-10-20(11-9-19)22-14-17-24(25(26)18-22)21-12-15-23(27-2)16-13-21/h8-13,15-16,18,24H,3-7,14,17H2,1-2H3. The summed E-state index contributed by atoms with van der Waals surface area (Å²) in [5.41, 5.74) is 4.84. The third-order valence-electron chi connectivity index (χ3n) is 5.52. The molecule has 0 amide bonds. The maximum Gasteiger partial charge on any atom is 0.163 e. The van der Waals surface area contributed by atoms with Gasteiger partial charge in [-0.15, -0.1) is 0 Å². The minimum absolute atomic E-state index is 0.0301. The lowest BCUT2D eigenvalue weighted by molar-refractivity contribution is -0.116. The predicted octanol–water partition coefficient (Wildman–Crippen LogP) is 6.35. The highest BCUT2D eigenvalue weighted by atomic mass is 16.5. The van der Waals surface area contributed by atoms with Gasteiger partial charge in [-0.05, 0) is 66.2 Å². The summed E-state index contributed by atoms with van der Waals surface area (Å²) >= 11 is 0. The van der Waals surface area contributed by atoms with E-state index in [0.717, 1.165) is 30.6 Å². The summed E-state index contributed by atoms with van der Waals surface area (Å²) in [6.07, 6.45) is 9.99. The zero-order chi connectivity index (χ0) is 19.1. The summed E-state index contributed by atoms with van der Waals surface area (Å²) in [7, 11) is 1.66. The highest BCUT2D eigenvalue weighted by molar-refractivity contribution is 6.02. The van der Waals surface area contributed by atoms with Gasteiger partial charge in [0, 0.05) is 5.92 Å². The van der Waals surface area contributed by atoms with Gasteiger partial charge in [0.2, 0.25) is 0 Å². The number of aryl methyl sites for hydroxylation is 1. The third kappa shape index (κ3) is 5.09. The molecule has 0 N–H and O–H groups in total. The van der Waals surface area contributed by atoms with Crippen LogP contribution in [0.3, 0.4) is 0 Å². The van der Waals surface area contributed by atoms with Crippen LogP contribution in [0.15, 0.2) is 54.6 Å². The molecule has 1 aliphatic rings. The number of carbonyl (C=O) groups is 1. The van der Waals surface area contributed by atoms with E-state index >= 15 is 0 Å². The highest BCUT2D eigenvalue weighted by Gasteiger charge is 2.24. The topological polar surface area (TPSA) is 26.3 Å². The molecule has 3 rings (SSSR count). The van der Waals surface area contributed by atoms with E-state index in [1.807, 2.05) is 30.3 Å². The van der Waals surface area contributed by atoms with E-state index in [1.165, 1.54) is 42.4 Å². The van der Waals surface area contributed by atoms with Gasteiger partial charge < -0.3 is 4.74 Å². The van der Waals surface area contributed by atoms with Gasteiger partial charge in [-0.1, -0.05) is 62.6 Å². The van der Waals surface area contributed by atoms with Crippen molar-refractivity contribution in [2.75, 3.05) is 7.11 Å². The molecule has 142 valence electrons. The number of hydrogen-bond acceptors (Lipinski definition) is 2. The first-order valence-electron chi connectivity index (χ1n) is 10.2. The molecule has 1 atom stereocenters. The Labute approximate surface area is 163 Å². The number of rotatable bonds is 8. The fraction of sp³-hybridized carbons (Fsp3) is 0.400. The summed E-state index contributed by atoms with van der Waals surface area (Å²) < 4.78 is 5.21. The summed E-state index contributed by atoms with van der Waals surface area (Å²) in [6.45, 7) is 2.24. The molecule has 0 aromatic heterocycles. The minimum atomic E-state index is -0.0301. The van der Waals surface area contributed by atoms with E-state index in [1.54, 1.807) is 7.11 Å². The molecular weight excluding hydrogens is 332 g/mol. The van der Waals surface area contributed by atoms with Gasteiger partial charge in [0.05, 0.1) is 7.11 Å². The Morgan fingerprint density at radius 3 is 2.33 bits per heavy atom. The Morgan fingerprint density at radius 2 is 1.70 bits per heavy atom. The lowest BCUT2D eigenvalue weighted by atomic mass is 9.81. The molecular formula is C25H30O2. The summed E-state index contributed by atoms with van der Waals surface area (Å²) in [5, 5.41) is 0. The summed E-state index contributed by atoms with van der Waals surface area (Å²) in [4.78, 5) is 12.7. The van der Waals surface area contributed by atoms with Gasteiger partial charge in [0.1, 0.15) is 5.75 Å². The van der Waals surface area contributed by atoms with Crippen molar-refractivity contribution in [1.29, 1.82) is 0 Å². The van der Waals surface area contributed by atoms with Crippen molar-refractivity contribution in [1.82, 2.24) is 0 Å². The molecule has 0 radical (unpaired) electrons. The number of unbranched alkanes of at least 4 members (excludes halogenated alkanes) is 3. The Bertz CT molecular complexity index is 769. The smallest absolute Gasteiger partial charge is 0.163 e. The van der Waals surface area contributed by atoms with Crippen LogP contribution in [0.25, 0.3) is 5.57 Å². The van der Waals surface area contributed by atoms with Gasteiger partial charge in [-0.2, -0.15) is 0 Å². The first-order chi connectivity index (χ1) is 13.2. The fourth-order valence-corrected chi connectivity index (χ4v) is 3.82. The molecule has 0 fully saturated rings. The highest BCUT2D eigenvalue weighted by Crippen LogP contribution is 2.34. The summed E-state index contributed by atoms with van der Waals surface area (Å²) in [5.74, 6) is 1.01. The van der Waals surface area contributed by atoms with Crippen molar-refractivity contribution in [3.8, 4) is 5.75 Å². The summed E-state index contributed by atoms with van der Waals surface area (Å²) in [6, 6.07) is 16.7. The molecule has 1 unspecified atom stereocenters. The lowest BCUT2D eigenvalue weighted by Crippen LogP contribution is -2.15. The molecule has 0 saturated heterocycles. The fourth-order valence-electron chi connectivity index (χ4n) is 3.82. The second-order valence-electron chi connectivity index (χ2n) is 7.44. The van der Waals surface area contributed by atoms with E-state index in [-0.39, 0.29) is 11.7 Å². The van der Waals surface area contributed by atoms with Crippen molar-refractivity contribution in [2.45, 2.75) is 57.8 Å². The van der Waals surface area contributed by atoms with Crippen LogP contribution >= 0.6 is 0 Å². The quantitative estimate of drug-likeness (QED) is 0.512. The second kappa shape index (κ2) is 9.55. The number of allylic oxidation sites excluding steroid dienone is 2. The first kappa shape index (κ1) is 19.4. The molecule has 0 bridgehead atoms. The van der Waals surface area contributed by atoms with Crippen LogP contribution in [-0.2, 0) is 11.2 Å². The number of carbonyl (C=O) groups excluding carboxylic acids is 1. The first-order valence-corrected chi connectivity index (χ1v) is 10.2. The number of methoxy groups -OCH3 is 1. The minimum Gasteiger partial charge on any atom is -0.497 e. The van der Waals surface area contributed by atoms with Gasteiger partial charge >= 0.3 is 0 Å². The van der Waals surface area contributed by atoms with Crippen molar-refractivity contribution >= 4 is 11.4 Å². The third-order valence-corrected chi connectivity index (χ3v) is 5.52. The van der Waals surface area contributed by atoms with Crippen LogP contribution in [0.5, 0.6) is 5.75 Å². The number of ether oxygens (including phenoxy) is 1. The van der Waals surface area contributed by atoms with Gasteiger partial charge in [-0.25, -0.2) is 0 Å². The monoisotopic (exact) mass is 362 g/mol. The van der Waals surface area contributed by atoms with Crippen LogP contribution in [0.1, 0.15) is 68.1 Å². The zero-order valence-corrected chi connectivity index (χ0v) is 16.5. The molecule has 0 aliphatic heterocycles.